The van der Waals surface area contributed by atoms with Crippen LogP contribution in [0.4, 0.5) is 0 Å². The molecule has 0 saturated carbocycles. The zero-order valence-corrected chi connectivity index (χ0v) is 12.6. The largest absolute Gasteiger partial charge is 0.342 e. The normalized spacial score (nSPS) is 15.2. The second kappa shape index (κ2) is 7.33. The van der Waals surface area contributed by atoms with Crippen LogP contribution in [0.25, 0.3) is 0 Å². The Labute approximate surface area is 124 Å². The van der Waals surface area contributed by atoms with Gasteiger partial charge in [-0.1, -0.05) is 29.8 Å². The monoisotopic (exact) mass is 292 g/mol. The van der Waals surface area contributed by atoms with E-state index in [1.54, 1.807) is 16.7 Å². The number of hydrogen-bond acceptors (Lipinski definition) is 3. The van der Waals surface area contributed by atoms with Crippen LogP contribution in [0.2, 0.25) is 0 Å². The molecular formula is C15H20N2O2S. The molecule has 5 heteroatoms. The fourth-order valence-electron chi connectivity index (χ4n) is 2.11. The molecule has 1 saturated heterocycles. The second-order valence-corrected chi connectivity index (χ2v) is 5.99. The number of benzene rings is 1. The van der Waals surface area contributed by atoms with Crippen molar-refractivity contribution in [1.29, 1.82) is 0 Å². The zero-order valence-electron chi connectivity index (χ0n) is 11.7. The van der Waals surface area contributed by atoms with E-state index in [9.17, 15) is 9.59 Å². The van der Waals surface area contributed by atoms with Crippen LogP contribution in [-0.2, 0) is 15.3 Å². The van der Waals surface area contributed by atoms with Crippen molar-refractivity contribution in [3.8, 4) is 0 Å². The van der Waals surface area contributed by atoms with Crippen LogP contribution in [0.5, 0.6) is 0 Å². The molecule has 0 N–H and O–H groups in total. The smallest absolute Gasteiger partial charge is 0.232 e. The van der Waals surface area contributed by atoms with Crippen LogP contribution in [0.1, 0.15) is 11.1 Å². The van der Waals surface area contributed by atoms with Crippen molar-refractivity contribution in [3.05, 3.63) is 35.4 Å². The minimum Gasteiger partial charge on any atom is -0.342 e. The Kier molecular flexibility index (Phi) is 5.47. The first-order valence-electron chi connectivity index (χ1n) is 6.79. The third kappa shape index (κ3) is 4.27. The van der Waals surface area contributed by atoms with Crippen molar-refractivity contribution in [3.63, 3.8) is 0 Å². The Hall–Kier alpha value is -1.49. The lowest BCUT2D eigenvalue weighted by Gasteiger charge is -2.32. The molecule has 1 aromatic carbocycles. The molecule has 0 radical (unpaired) electrons. The molecular weight excluding hydrogens is 272 g/mol. The standard InChI is InChI=1S/C15H20N2O2S/c1-13-2-4-14(5-3-13)10-20-11-15(19)17-8-6-16(12-18)7-9-17/h2-5,12H,6-11H2,1H3. The molecule has 1 aromatic rings. The van der Waals surface area contributed by atoms with Gasteiger partial charge in [0.05, 0.1) is 5.75 Å². The lowest BCUT2D eigenvalue weighted by molar-refractivity contribution is -0.132. The predicted octanol–water partition coefficient (Wildman–Crippen LogP) is 1.53. The maximum absolute atomic E-state index is 12.0. The van der Waals surface area contributed by atoms with Crippen molar-refractivity contribution >= 4 is 24.1 Å². The average Bonchev–Trinajstić information content (AvgIpc) is 2.49. The maximum Gasteiger partial charge on any atom is 0.232 e. The molecule has 4 nitrogen and oxygen atoms in total. The topological polar surface area (TPSA) is 40.6 Å². The lowest BCUT2D eigenvalue weighted by atomic mass is 10.2. The summed E-state index contributed by atoms with van der Waals surface area (Å²) in [6, 6.07) is 8.40. The highest BCUT2D eigenvalue weighted by atomic mass is 32.2. The lowest BCUT2D eigenvalue weighted by Crippen LogP contribution is -2.48. The summed E-state index contributed by atoms with van der Waals surface area (Å²) >= 11 is 1.65. The van der Waals surface area contributed by atoms with Gasteiger partial charge in [-0.2, -0.15) is 0 Å². The van der Waals surface area contributed by atoms with E-state index in [0.29, 0.717) is 31.9 Å². The Morgan fingerprint density at radius 1 is 1.20 bits per heavy atom. The number of carbonyl (C=O) groups excluding carboxylic acids is 2. The number of rotatable bonds is 5. The quantitative estimate of drug-likeness (QED) is 0.773. The number of piperazine rings is 1. The van der Waals surface area contributed by atoms with Crippen LogP contribution >= 0.6 is 11.8 Å². The summed E-state index contributed by atoms with van der Waals surface area (Å²) in [4.78, 5) is 26.2. The predicted molar refractivity (Wildman–Crippen MR) is 81.6 cm³/mol. The van der Waals surface area contributed by atoms with Gasteiger partial charge in [0, 0.05) is 31.9 Å². The van der Waals surface area contributed by atoms with Gasteiger partial charge in [0.25, 0.3) is 0 Å². The van der Waals surface area contributed by atoms with Crippen LogP contribution in [-0.4, -0.2) is 54.0 Å². The van der Waals surface area contributed by atoms with Crippen LogP contribution in [0.3, 0.4) is 0 Å². The highest BCUT2D eigenvalue weighted by Crippen LogP contribution is 2.14. The van der Waals surface area contributed by atoms with Gasteiger partial charge in [-0.15, -0.1) is 11.8 Å². The molecule has 108 valence electrons. The molecule has 0 unspecified atom stereocenters. The third-order valence-electron chi connectivity index (χ3n) is 3.43. The molecule has 0 spiro atoms. The van der Waals surface area contributed by atoms with Crippen LogP contribution in [0.15, 0.2) is 24.3 Å². The zero-order chi connectivity index (χ0) is 14.4. The van der Waals surface area contributed by atoms with Gasteiger partial charge in [-0.3, -0.25) is 9.59 Å². The van der Waals surface area contributed by atoms with Gasteiger partial charge in [0.2, 0.25) is 12.3 Å². The fraction of sp³-hybridized carbons (Fsp3) is 0.467. The molecule has 20 heavy (non-hydrogen) atoms. The minimum absolute atomic E-state index is 0.174. The SMILES string of the molecule is Cc1ccc(CSCC(=O)N2CCN(C=O)CC2)cc1. The molecule has 0 atom stereocenters. The molecule has 0 aliphatic carbocycles. The van der Waals surface area contributed by atoms with E-state index in [0.717, 1.165) is 12.2 Å². The first-order valence-corrected chi connectivity index (χ1v) is 7.95. The summed E-state index contributed by atoms with van der Waals surface area (Å²) in [6.45, 7) is 4.68. The Balaban J connectivity index is 1.70. The maximum atomic E-state index is 12.0. The Morgan fingerprint density at radius 2 is 1.85 bits per heavy atom. The Bertz CT molecular complexity index is 453. The van der Waals surface area contributed by atoms with E-state index < -0.39 is 0 Å². The molecule has 2 rings (SSSR count). The first kappa shape index (κ1) is 14.9. The highest BCUT2D eigenvalue weighted by molar-refractivity contribution is 7.99. The number of hydrogen-bond donors (Lipinski definition) is 0. The summed E-state index contributed by atoms with van der Waals surface area (Å²) in [5.74, 6) is 1.54. The van der Waals surface area contributed by atoms with Gasteiger partial charge < -0.3 is 9.80 Å². The van der Waals surface area contributed by atoms with Crippen molar-refractivity contribution in [1.82, 2.24) is 9.80 Å². The van der Waals surface area contributed by atoms with Crippen molar-refractivity contribution in [2.75, 3.05) is 31.9 Å². The summed E-state index contributed by atoms with van der Waals surface area (Å²) in [7, 11) is 0. The number of aryl methyl sites for hydroxylation is 1. The van der Waals surface area contributed by atoms with Gasteiger partial charge in [0.1, 0.15) is 0 Å². The van der Waals surface area contributed by atoms with Crippen LogP contribution in [0, 0.1) is 6.92 Å². The molecule has 0 aromatic heterocycles. The van der Waals surface area contributed by atoms with E-state index in [-0.39, 0.29) is 5.91 Å². The van der Waals surface area contributed by atoms with Gasteiger partial charge in [0.15, 0.2) is 0 Å². The summed E-state index contributed by atoms with van der Waals surface area (Å²) in [5.41, 5.74) is 2.50. The van der Waals surface area contributed by atoms with Crippen molar-refractivity contribution < 1.29 is 9.59 Å². The molecule has 1 aliphatic rings. The summed E-state index contributed by atoms with van der Waals surface area (Å²) in [6.07, 6.45) is 0.855. The van der Waals surface area contributed by atoms with E-state index in [2.05, 4.69) is 31.2 Å². The first-order chi connectivity index (χ1) is 9.69. The third-order valence-corrected chi connectivity index (χ3v) is 4.42. The van der Waals surface area contributed by atoms with Gasteiger partial charge >= 0.3 is 0 Å². The average molecular weight is 292 g/mol. The van der Waals surface area contributed by atoms with Crippen LogP contribution < -0.4 is 0 Å². The van der Waals surface area contributed by atoms with E-state index in [1.807, 2.05) is 4.90 Å². The summed E-state index contributed by atoms with van der Waals surface area (Å²) < 4.78 is 0. The number of amides is 2. The molecule has 1 aliphatic heterocycles. The van der Waals surface area contributed by atoms with E-state index >= 15 is 0 Å². The van der Waals surface area contributed by atoms with Gasteiger partial charge in [-0.05, 0) is 12.5 Å². The number of nitrogens with zero attached hydrogens (tertiary/aromatic N) is 2. The Morgan fingerprint density at radius 3 is 2.45 bits per heavy atom. The summed E-state index contributed by atoms with van der Waals surface area (Å²) in [5, 5.41) is 0. The minimum atomic E-state index is 0.174. The van der Waals surface area contributed by atoms with Crippen molar-refractivity contribution in [2.24, 2.45) is 0 Å². The molecule has 1 fully saturated rings. The number of carbonyl (C=O) groups is 2. The number of thioether (sulfide) groups is 1. The molecule has 0 bridgehead atoms. The van der Waals surface area contributed by atoms with Gasteiger partial charge in [-0.25, -0.2) is 0 Å². The fourth-order valence-corrected chi connectivity index (χ4v) is 3.00. The van der Waals surface area contributed by atoms with Crippen molar-refractivity contribution in [2.45, 2.75) is 12.7 Å². The molecule has 1 heterocycles. The van der Waals surface area contributed by atoms with E-state index in [1.165, 1.54) is 11.1 Å². The highest BCUT2D eigenvalue weighted by Gasteiger charge is 2.19. The second-order valence-electron chi connectivity index (χ2n) is 5.00. The molecule has 2 amide bonds. The van der Waals surface area contributed by atoms with E-state index in [4.69, 9.17) is 0 Å².